The third kappa shape index (κ3) is 4.79. The molecule has 0 fully saturated rings. The molecule has 0 amide bonds. The van der Waals surface area contributed by atoms with Gasteiger partial charge in [0.05, 0.1) is 4.92 Å². The molecule has 2 rings (SSSR count). The number of benzene rings is 2. The van der Waals surface area contributed by atoms with Crippen LogP contribution >= 0.6 is 0 Å². The lowest BCUT2D eigenvalue weighted by Crippen LogP contribution is -1.86. The molecule has 4 nitrogen and oxygen atoms in total. The minimum absolute atomic E-state index is 0.144. The van der Waals surface area contributed by atoms with Crippen LogP contribution in [0, 0.1) is 17.0 Å². The fourth-order valence-corrected chi connectivity index (χ4v) is 1.09. The molecule has 2 aromatic carbocycles. The predicted molar refractivity (Wildman–Crippen MR) is 65.9 cm³/mol. The lowest BCUT2D eigenvalue weighted by atomic mass is 10.2. The summed E-state index contributed by atoms with van der Waals surface area (Å²) in [6, 6.07) is 15.1. The van der Waals surface area contributed by atoms with Gasteiger partial charge in [-0.05, 0) is 19.1 Å². The summed E-state index contributed by atoms with van der Waals surface area (Å²) in [4.78, 5) is 9.71. The highest BCUT2D eigenvalue weighted by Gasteiger charge is 2.00. The van der Waals surface area contributed by atoms with Crippen molar-refractivity contribution in [2.75, 3.05) is 0 Å². The number of nitro groups is 1. The third-order valence-electron chi connectivity index (χ3n) is 2.00. The minimum Gasteiger partial charge on any atom is -0.508 e. The molecule has 0 unspecified atom stereocenters. The summed E-state index contributed by atoms with van der Waals surface area (Å²) in [5, 5.41) is 18.8. The maximum absolute atomic E-state index is 10.1. The van der Waals surface area contributed by atoms with E-state index in [4.69, 9.17) is 5.11 Å². The average molecular weight is 231 g/mol. The molecule has 1 N–H and O–H groups in total. The fraction of sp³-hybridized carbons (Fsp3) is 0.0769. The van der Waals surface area contributed by atoms with E-state index in [0.29, 0.717) is 5.75 Å². The van der Waals surface area contributed by atoms with Gasteiger partial charge in [0.25, 0.3) is 5.69 Å². The summed E-state index contributed by atoms with van der Waals surface area (Å²) in [6.45, 7) is 1.89. The smallest absolute Gasteiger partial charge is 0.269 e. The van der Waals surface area contributed by atoms with Crippen LogP contribution < -0.4 is 0 Å². The van der Waals surface area contributed by atoms with Crippen molar-refractivity contribution in [3.8, 4) is 5.75 Å². The van der Waals surface area contributed by atoms with Gasteiger partial charge < -0.3 is 5.11 Å². The van der Waals surface area contributed by atoms with E-state index in [-0.39, 0.29) is 5.69 Å². The molecule has 2 aromatic rings. The normalized spacial score (nSPS) is 9.00. The molecule has 0 atom stereocenters. The fourth-order valence-electron chi connectivity index (χ4n) is 1.09. The van der Waals surface area contributed by atoms with Gasteiger partial charge >= 0.3 is 0 Å². The van der Waals surface area contributed by atoms with Crippen LogP contribution in [-0.2, 0) is 0 Å². The molecular weight excluding hydrogens is 218 g/mol. The number of non-ortho nitro benzene ring substituents is 1. The quantitative estimate of drug-likeness (QED) is 0.605. The van der Waals surface area contributed by atoms with Crippen LogP contribution in [-0.4, -0.2) is 10.0 Å². The molecule has 0 spiro atoms. The second kappa shape index (κ2) is 6.27. The SMILES string of the molecule is Cc1ccc([N+](=O)[O-])cc1.Oc1ccccc1. The molecule has 0 heterocycles. The number of para-hydroxylation sites is 1. The van der Waals surface area contributed by atoms with Gasteiger partial charge in [0, 0.05) is 12.1 Å². The van der Waals surface area contributed by atoms with E-state index in [1.807, 2.05) is 13.0 Å². The Hall–Kier alpha value is -2.36. The number of nitrogens with zero attached hydrogens (tertiary/aromatic N) is 1. The Balaban J connectivity index is 0.000000181. The maximum Gasteiger partial charge on any atom is 0.269 e. The van der Waals surface area contributed by atoms with E-state index >= 15 is 0 Å². The standard InChI is InChI=1S/C7H7NO2.C6H6O/c1-6-2-4-7(5-3-6)8(9)10;7-6-4-2-1-3-5-6/h2-5H,1H3;1-5,7H. The number of aryl methyl sites for hydroxylation is 1. The second-order valence-corrected chi connectivity index (χ2v) is 3.43. The molecular formula is C13H13NO3. The van der Waals surface area contributed by atoms with Crippen LogP contribution in [0.15, 0.2) is 54.6 Å². The minimum atomic E-state index is -0.403. The summed E-state index contributed by atoms with van der Waals surface area (Å²) in [5.41, 5.74) is 1.18. The second-order valence-electron chi connectivity index (χ2n) is 3.43. The van der Waals surface area contributed by atoms with Gasteiger partial charge in [-0.15, -0.1) is 0 Å². The van der Waals surface area contributed by atoms with Crippen molar-refractivity contribution in [2.24, 2.45) is 0 Å². The van der Waals surface area contributed by atoms with Crippen LogP contribution in [0.3, 0.4) is 0 Å². The van der Waals surface area contributed by atoms with Crippen molar-refractivity contribution in [3.63, 3.8) is 0 Å². The van der Waals surface area contributed by atoms with E-state index in [9.17, 15) is 10.1 Å². The maximum atomic E-state index is 10.1. The average Bonchev–Trinajstić information content (AvgIpc) is 2.31. The highest BCUT2D eigenvalue weighted by molar-refractivity contribution is 5.32. The molecule has 4 heteroatoms. The Bertz CT molecular complexity index is 466. The van der Waals surface area contributed by atoms with Crippen molar-refractivity contribution in [1.29, 1.82) is 0 Å². The summed E-state index contributed by atoms with van der Waals surface area (Å²) in [7, 11) is 0. The molecule has 88 valence electrons. The number of phenols is 1. The van der Waals surface area contributed by atoms with Gasteiger partial charge in [-0.3, -0.25) is 10.1 Å². The first-order valence-electron chi connectivity index (χ1n) is 5.04. The molecule has 0 aliphatic heterocycles. The summed E-state index contributed by atoms with van der Waals surface area (Å²) < 4.78 is 0. The molecule has 17 heavy (non-hydrogen) atoms. The molecule has 0 aromatic heterocycles. The topological polar surface area (TPSA) is 63.4 Å². The predicted octanol–water partition coefficient (Wildman–Crippen LogP) is 3.30. The van der Waals surface area contributed by atoms with E-state index < -0.39 is 4.92 Å². The van der Waals surface area contributed by atoms with E-state index in [2.05, 4.69) is 0 Å². The summed E-state index contributed by atoms with van der Waals surface area (Å²) in [5.74, 6) is 0.322. The number of hydrogen-bond acceptors (Lipinski definition) is 3. The van der Waals surface area contributed by atoms with Crippen molar-refractivity contribution in [2.45, 2.75) is 6.92 Å². The molecule has 0 bridgehead atoms. The number of aromatic hydroxyl groups is 1. The first kappa shape index (κ1) is 12.7. The molecule has 0 aliphatic rings. The Morgan fingerprint density at radius 1 is 1.00 bits per heavy atom. The van der Waals surface area contributed by atoms with Crippen LogP contribution in [0.4, 0.5) is 5.69 Å². The molecule has 0 saturated heterocycles. The van der Waals surface area contributed by atoms with Crippen LogP contribution in [0.1, 0.15) is 5.56 Å². The van der Waals surface area contributed by atoms with Gasteiger partial charge in [-0.25, -0.2) is 0 Å². The largest absolute Gasteiger partial charge is 0.508 e. The Morgan fingerprint density at radius 3 is 1.88 bits per heavy atom. The monoisotopic (exact) mass is 231 g/mol. The Kier molecular flexibility index (Phi) is 4.69. The highest BCUT2D eigenvalue weighted by Crippen LogP contribution is 2.10. The Labute approximate surface area is 99.3 Å². The van der Waals surface area contributed by atoms with Crippen LogP contribution in [0.2, 0.25) is 0 Å². The van der Waals surface area contributed by atoms with Gasteiger partial charge in [0.15, 0.2) is 0 Å². The summed E-state index contributed by atoms with van der Waals surface area (Å²) in [6.07, 6.45) is 0. The number of nitro benzene ring substituents is 1. The number of rotatable bonds is 1. The van der Waals surface area contributed by atoms with E-state index in [1.165, 1.54) is 12.1 Å². The number of hydrogen-bond donors (Lipinski definition) is 1. The highest BCUT2D eigenvalue weighted by atomic mass is 16.6. The third-order valence-corrected chi connectivity index (χ3v) is 2.00. The van der Waals surface area contributed by atoms with Gasteiger partial charge in [0.1, 0.15) is 5.75 Å². The lowest BCUT2D eigenvalue weighted by Gasteiger charge is -1.90. The van der Waals surface area contributed by atoms with Gasteiger partial charge in [-0.2, -0.15) is 0 Å². The first-order valence-corrected chi connectivity index (χ1v) is 5.04. The molecule has 0 saturated carbocycles. The lowest BCUT2D eigenvalue weighted by molar-refractivity contribution is -0.384. The van der Waals surface area contributed by atoms with Crippen LogP contribution in [0.25, 0.3) is 0 Å². The zero-order chi connectivity index (χ0) is 12.7. The van der Waals surface area contributed by atoms with Crippen molar-refractivity contribution in [3.05, 3.63) is 70.3 Å². The van der Waals surface area contributed by atoms with Crippen LogP contribution in [0.5, 0.6) is 5.75 Å². The van der Waals surface area contributed by atoms with Gasteiger partial charge in [-0.1, -0.05) is 35.9 Å². The molecule has 0 radical (unpaired) electrons. The van der Waals surface area contributed by atoms with Crippen molar-refractivity contribution < 1.29 is 10.0 Å². The van der Waals surface area contributed by atoms with E-state index in [1.54, 1.807) is 36.4 Å². The Morgan fingerprint density at radius 2 is 1.53 bits per heavy atom. The summed E-state index contributed by atoms with van der Waals surface area (Å²) >= 11 is 0. The van der Waals surface area contributed by atoms with Crippen molar-refractivity contribution in [1.82, 2.24) is 0 Å². The number of phenolic OH excluding ortho intramolecular Hbond substituents is 1. The molecule has 0 aliphatic carbocycles. The zero-order valence-electron chi connectivity index (χ0n) is 9.41. The van der Waals surface area contributed by atoms with E-state index in [0.717, 1.165) is 5.56 Å². The van der Waals surface area contributed by atoms with Gasteiger partial charge in [0.2, 0.25) is 0 Å². The van der Waals surface area contributed by atoms with Crippen molar-refractivity contribution >= 4 is 5.69 Å². The first-order chi connectivity index (χ1) is 8.09. The zero-order valence-corrected chi connectivity index (χ0v) is 9.41.